The first-order chi connectivity index (χ1) is 14.9. The summed E-state index contributed by atoms with van der Waals surface area (Å²) in [5, 5.41) is 2.34. The normalized spacial score (nSPS) is 18.1. The molecule has 0 aliphatic carbocycles. The van der Waals surface area contributed by atoms with Gasteiger partial charge >= 0.3 is 0 Å². The minimum Gasteiger partial charge on any atom is -0.324 e. The molecule has 3 aromatic rings. The van der Waals surface area contributed by atoms with Gasteiger partial charge in [0, 0.05) is 17.0 Å². The van der Waals surface area contributed by atoms with Crippen LogP contribution < -0.4 is 5.32 Å². The molecule has 0 bridgehead atoms. The molecule has 1 N–H and O–H groups in total. The molecule has 31 heavy (non-hydrogen) atoms. The molecule has 1 fully saturated rings. The number of aryl methyl sites for hydroxylation is 1. The molecule has 7 heteroatoms. The second kappa shape index (κ2) is 8.89. The lowest BCUT2D eigenvalue weighted by atomic mass is 10.1. The van der Waals surface area contributed by atoms with Gasteiger partial charge < -0.3 is 10.2 Å². The molecule has 1 heterocycles. The van der Waals surface area contributed by atoms with Gasteiger partial charge in [-0.2, -0.15) is 0 Å². The summed E-state index contributed by atoms with van der Waals surface area (Å²) in [7, 11) is 0. The smallest absolute Gasteiger partial charge is 0.256 e. The van der Waals surface area contributed by atoms with Gasteiger partial charge in [-0.25, -0.2) is 8.78 Å². The van der Waals surface area contributed by atoms with Crippen LogP contribution in [-0.2, 0) is 4.79 Å². The lowest BCUT2D eigenvalue weighted by Crippen LogP contribution is -2.45. The summed E-state index contributed by atoms with van der Waals surface area (Å²) in [4.78, 5) is 28.2. The molecular formula is C24H20F2N2O2S. The van der Waals surface area contributed by atoms with Crippen molar-refractivity contribution in [3.8, 4) is 0 Å². The van der Waals surface area contributed by atoms with Crippen LogP contribution in [0.2, 0.25) is 0 Å². The quantitative estimate of drug-likeness (QED) is 0.612. The van der Waals surface area contributed by atoms with E-state index in [4.69, 9.17) is 0 Å². The van der Waals surface area contributed by atoms with Crippen molar-refractivity contribution < 1.29 is 18.4 Å². The van der Waals surface area contributed by atoms with E-state index < -0.39 is 17.2 Å². The van der Waals surface area contributed by atoms with E-state index in [0.29, 0.717) is 17.0 Å². The van der Waals surface area contributed by atoms with Gasteiger partial charge in [0.05, 0.1) is 0 Å². The summed E-state index contributed by atoms with van der Waals surface area (Å²) in [6.45, 7) is 1.84. The number of benzene rings is 3. The number of halogens is 2. The Morgan fingerprint density at radius 2 is 1.55 bits per heavy atom. The molecule has 4 rings (SSSR count). The van der Waals surface area contributed by atoms with Gasteiger partial charge in [0.2, 0.25) is 5.91 Å². The molecule has 0 saturated carbocycles. The van der Waals surface area contributed by atoms with Crippen molar-refractivity contribution in [1.82, 2.24) is 4.90 Å². The molecular weight excluding hydrogens is 418 g/mol. The Morgan fingerprint density at radius 1 is 0.935 bits per heavy atom. The predicted octanol–water partition coefficient (Wildman–Crippen LogP) is 5.17. The number of hydrogen-bond donors (Lipinski definition) is 1. The summed E-state index contributed by atoms with van der Waals surface area (Å²) < 4.78 is 26.6. The van der Waals surface area contributed by atoms with Crippen LogP contribution in [0.5, 0.6) is 0 Å². The number of amides is 2. The average Bonchev–Trinajstić information content (AvgIpc) is 3.21. The van der Waals surface area contributed by atoms with Crippen LogP contribution in [0.4, 0.5) is 14.5 Å². The van der Waals surface area contributed by atoms with Crippen molar-refractivity contribution in [3.05, 3.63) is 101 Å². The first kappa shape index (κ1) is 21.1. The summed E-state index contributed by atoms with van der Waals surface area (Å²) in [6.07, 6.45) is 0. The van der Waals surface area contributed by atoms with Gasteiger partial charge in [0.1, 0.15) is 23.1 Å². The Bertz CT molecular complexity index is 1100. The zero-order valence-electron chi connectivity index (χ0n) is 16.7. The Labute approximate surface area is 183 Å². The van der Waals surface area contributed by atoms with Crippen LogP contribution in [0.1, 0.15) is 26.9 Å². The monoisotopic (exact) mass is 438 g/mol. The summed E-state index contributed by atoms with van der Waals surface area (Å²) in [5.74, 6) is -1.01. The number of carbonyl (C=O) groups is 2. The molecule has 158 valence electrons. The van der Waals surface area contributed by atoms with Crippen molar-refractivity contribution in [3.63, 3.8) is 0 Å². The van der Waals surface area contributed by atoms with Gasteiger partial charge in [-0.15, -0.1) is 11.8 Å². The van der Waals surface area contributed by atoms with Crippen LogP contribution in [-0.4, -0.2) is 28.5 Å². The van der Waals surface area contributed by atoms with E-state index in [1.807, 2.05) is 19.1 Å². The first-order valence-corrected chi connectivity index (χ1v) is 10.8. The Kier molecular flexibility index (Phi) is 6.04. The second-order valence-corrected chi connectivity index (χ2v) is 8.39. The van der Waals surface area contributed by atoms with E-state index in [-0.39, 0.29) is 17.6 Å². The van der Waals surface area contributed by atoms with Crippen LogP contribution >= 0.6 is 11.8 Å². The SMILES string of the molecule is Cc1ccccc1C(=O)N1C(C(=O)Nc2ccc(F)cc2)CSC1c1ccc(F)cc1. The van der Waals surface area contributed by atoms with Gasteiger partial charge in [-0.05, 0) is 60.5 Å². The van der Waals surface area contributed by atoms with E-state index in [9.17, 15) is 18.4 Å². The Hall–Kier alpha value is -3.19. The van der Waals surface area contributed by atoms with Crippen LogP contribution in [0.15, 0.2) is 72.8 Å². The largest absolute Gasteiger partial charge is 0.324 e. The van der Waals surface area contributed by atoms with E-state index >= 15 is 0 Å². The Morgan fingerprint density at radius 3 is 2.19 bits per heavy atom. The Balaban J connectivity index is 1.67. The van der Waals surface area contributed by atoms with Gasteiger partial charge in [0.15, 0.2) is 0 Å². The second-order valence-electron chi connectivity index (χ2n) is 7.28. The fourth-order valence-corrected chi connectivity index (χ4v) is 4.98. The lowest BCUT2D eigenvalue weighted by Gasteiger charge is -2.29. The molecule has 2 amide bonds. The third-order valence-electron chi connectivity index (χ3n) is 5.18. The van der Waals surface area contributed by atoms with Crippen LogP contribution in [0.25, 0.3) is 0 Å². The maximum Gasteiger partial charge on any atom is 0.256 e. The van der Waals surface area contributed by atoms with Gasteiger partial charge in [-0.3, -0.25) is 9.59 Å². The molecule has 0 aromatic heterocycles. The molecule has 2 atom stereocenters. The van der Waals surface area contributed by atoms with Crippen LogP contribution in [0.3, 0.4) is 0 Å². The van der Waals surface area contributed by atoms with E-state index in [1.165, 1.54) is 48.2 Å². The molecule has 1 aliphatic rings. The zero-order chi connectivity index (χ0) is 22.0. The van der Waals surface area contributed by atoms with E-state index in [2.05, 4.69) is 5.32 Å². The molecule has 0 spiro atoms. The number of anilines is 1. The molecule has 1 aliphatic heterocycles. The van der Waals surface area contributed by atoms with Crippen molar-refractivity contribution in [2.24, 2.45) is 0 Å². The van der Waals surface area contributed by atoms with E-state index in [1.54, 1.807) is 29.2 Å². The fraction of sp³-hybridized carbons (Fsp3) is 0.167. The predicted molar refractivity (Wildman–Crippen MR) is 118 cm³/mol. The third kappa shape index (κ3) is 4.46. The highest BCUT2D eigenvalue weighted by atomic mass is 32.2. The minimum atomic E-state index is -0.739. The lowest BCUT2D eigenvalue weighted by molar-refractivity contribution is -0.119. The third-order valence-corrected chi connectivity index (χ3v) is 6.50. The minimum absolute atomic E-state index is 0.267. The van der Waals surface area contributed by atoms with E-state index in [0.717, 1.165) is 11.1 Å². The summed E-state index contributed by atoms with van der Waals surface area (Å²) in [6, 6.07) is 17.9. The number of hydrogen-bond acceptors (Lipinski definition) is 3. The first-order valence-electron chi connectivity index (χ1n) is 9.76. The number of nitrogens with zero attached hydrogens (tertiary/aromatic N) is 1. The number of nitrogens with one attached hydrogen (secondary N) is 1. The van der Waals surface area contributed by atoms with Gasteiger partial charge in [-0.1, -0.05) is 30.3 Å². The standard InChI is InChI=1S/C24H20F2N2O2S/c1-15-4-2-3-5-20(15)23(30)28-21(22(29)27-19-12-10-18(26)11-13-19)14-31-24(28)16-6-8-17(25)9-7-16/h2-13,21,24H,14H2,1H3,(H,27,29). The molecule has 2 unspecified atom stereocenters. The van der Waals surface area contributed by atoms with Crippen molar-refractivity contribution in [1.29, 1.82) is 0 Å². The topological polar surface area (TPSA) is 49.4 Å². The van der Waals surface area contributed by atoms with Crippen molar-refractivity contribution in [2.45, 2.75) is 18.3 Å². The zero-order valence-corrected chi connectivity index (χ0v) is 17.5. The van der Waals surface area contributed by atoms with Crippen molar-refractivity contribution in [2.75, 3.05) is 11.1 Å². The highest BCUT2D eigenvalue weighted by Crippen LogP contribution is 2.42. The summed E-state index contributed by atoms with van der Waals surface area (Å²) in [5.41, 5.74) is 2.51. The molecule has 4 nitrogen and oxygen atoms in total. The maximum atomic E-state index is 13.5. The fourth-order valence-electron chi connectivity index (χ4n) is 3.55. The van der Waals surface area contributed by atoms with Crippen LogP contribution in [0, 0.1) is 18.6 Å². The average molecular weight is 438 g/mol. The molecule has 1 saturated heterocycles. The highest BCUT2D eigenvalue weighted by molar-refractivity contribution is 7.99. The highest BCUT2D eigenvalue weighted by Gasteiger charge is 2.42. The number of rotatable bonds is 4. The number of thioether (sulfide) groups is 1. The van der Waals surface area contributed by atoms with Gasteiger partial charge in [0.25, 0.3) is 5.91 Å². The molecule has 3 aromatic carbocycles. The molecule has 0 radical (unpaired) electrons. The van der Waals surface area contributed by atoms with Crippen molar-refractivity contribution >= 4 is 29.3 Å². The summed E-state index contributed by atoms with van der Waals surface area (Å²) >= 11 is 1.45. The number of carbonyl (C=O) groups excluding carboxylic acids is 2. The maximum absolute atomic E-state index is 13.5.